The molecule has 46 nitrogen and oxygen atoms in total. The largest absolute Gasteiger partial charge is 0.497 e. The Morgan fingerprint density at radius 1 is 0.754 bits per heavy atom. The first-order valence-electron chi connectivity index (χ1n) is 46.5. The molecule has 6 saturated carbocycles. The topological polar surface area (TPSA) is 686 Å². The van der Waals surface area contributed by atoms with E-state index in [0.717, 1.165) is 52.9 Å². The van der Waals surface area contributed by atoms with E-state index >= 15 is 0 Å². The monoisotopic (exact) mass is 2020 g/mol. The number of fused-ring (bicyclic) bond motifs is 4. The van der Waals surface area contributed by atoms with Crippen LogP contribution < -0.4 is 85.1 Å². The molecule has 3 aliphatic heterocycles. The average Bonchev–Trinajstić information content (AvgIpc) is 1.40. The molecular formula is C93H111ClN20O26S2. The number of halogens is 1. The summed E-state index contributed by atoms with van der Waals surface area (Å²) in [4.78, 5) is 258. The summed E-state index contributed by atoms with van der Waals surface area (Å²) in [6.07, 6.45) is 5.09. The highest BCUT2D eigenvalue weighted by Crippen LogP contribution is 2.65. The molecule has 2 aromatic heterocycles. The van der Waals surface area contributed by atoms with Gasteiger partial charge in [-0.05, 0) is 167 Å². The van der Waals surface area contributed by atoms with Crippen molar-refractivity contribution < 1.29 is 121 Å². The van der Waals surface area contributed by atoms with Gasteiger partial charge >= 0.3 is 30.0 Å². The number of nitrogens with one attached hydrogen (secondary N) is 13. The fourth-order valence-corrected chi connectivity index (χ4v) is 21.8. The molecule has 49 heteroatoms. The predicted molar refractivity (Wildman–Crippen MR) is 512 cm³/mol. The van der Waals surface area contributed by atoms with Crippen molar-refractivity contribution in [3.8, 4) is 5.75 Å². The number of carboxylic acids is 4. The van der Waals surface area contributed by atoms with Gasteiger partial charge in [-0.15, -0.1) is 23.4 Å². The number of alkyl halides is 1. The third-order valence-electron chi connectivity index (χ3n) is 26.9. The average molecular weight is 2020 g/mol. The van der Waals surface area contributed by atoms with E-state index in [2.05, 4.69) is 85.7 Å². The van der Waals surface area contributed by atoms with Crippen LogP contribution in [-0.2, 0) is 92.9 Å². The number of hydrogen-bond acceptors (Lipinski definition) is 31. The molecule has 4 bridgehead atoms. The van der Waals surface area contributed by atoms with E-state index in [1.807, 2.05) is 53.8 Å². The van der Waals surface area contributed by atoms with Crippen molar-refractivity contribution in [2.75, 3.05) is 65.5 Å². The third kappa shape index (κ3) is 25.4. The maximum atomic E-state index is 14.5. The standard InChI is InChI=1S/C93H111ClN20O26S2/c1-136-56-21-12-46(13-22-56)14-25-70(116)113-43-51(39-94)75-59-8-3-2-7-58(59)62(30-67(75)113)108-90(135)137-57-6-4-26-92(38-57)138-93(140-139-92)52-28-48-29-53(93)37-91(35-48,36-52)112-79(125)50-15-10-47(11-16-50)42-114-71(117)34-68(86(114)132)142-45-101-66(44-141)84(130)107-64(32-73(120)121)82(128)106-63(31-72(118)119)81(127)103-60(9-5-27-98-88(95)96)80(126)105-65(33-74(122)123)83(129)109-69(115)24-23-61(87(133)134)104-78(124)49-17-19-54(20-18-49)99-40-55-41-100-77-76(102-55)85(131)111-89(97)110-77/h2-3,7-8,12-14,17-22,25,30,41,47-48,50-53,57,60-61,63-66,68,99,101,141H,4-6,9-11,15-16,23-24,26-29,31-40,42-45H2,1H3,(H,103,127)(H,104,124)(H,105,126)(H,106,128)(H,107,130)(H,108,135)(H,112,125)(H,118,119)(H,120,121)(H,122,123)(H,133,134)(H4,95,96,98)(H,109,115,129)(H3,97,100,110,111,131)/b25-14+/t47?,48?,50?,51?,52?,53?,57?,60-,61?,63-,64-,65-,66-,68?,91?,92?,93?/m0/s1. The number of nitrogens with two attached hydrogens (primary N) is 2. The van der Waals surface area contributed by atoms with E-state index < -0.39 is 198 Å². The summed E-state index contributed by atoms with van der Waals surface area (Å²) in [5.74, 6) is -19.7. The number of aromatic nitrogens is 4. The molecule has 2 spiro atoms. The number of benzene rings is 4. The molecule has 0 radical (unpaired) electrons. The molecule has 9 aliphatic rings. The fraction of sp³-hybridized carbons (Fsp3) is 0.495. The van der Waals surface area contributed by atoms with Crippen LogP contribution in [0.25, 0.3) is 28.0 Å². The minimum absolute atomic E-state index is 0.0259. The highest BCUT2D eigenvalue weighted by atomic mass is 35.5. The zero-order valence-electron chi connectivity index (χ0n) is 77.0. The van der Waals surface area contributed by atoms with Crippen LogP contribution in [0.5, 0.6) is 5.75 Å². The molecule has 5 heterocycles. The van der Waals surface area contributed by atoms with E-state index in [-0.39, 0.29) is 120 Å². The number of H-pyrrole nitrogens is 1. The molecular weight excluding hydrogens is 1910 g/mol. The lowest BCUT2D eigenvalue weighted by Gasteiger charge is -2.62. The normalized spacial score (nSPS) is 23.7. The van der Waals surface area contributed by atoms with E-state index in [1.165, 1.54) is 41.4 Å². The molecule has 12 amide bonds. The molecule has 6 aromatic rings. The molecule has 21 N–H and O–H groups in total. The highest BCUT2D eigenvalue weighted by molar-refractivity contribution is 8.00. The lowest BCUT2D eigenvalue weighted by atomic mass is 9.50. The molecule has 4 aromatic carbocycles. The van der Waals surface area contributed by atoms with Crippen LogP contribution in [0.2, 0.25) is 0 Å². The van der Waals surface area contributed by atoms with Gasteiger partial charge in [0, 0.05) is 115 Å². The second-order valence-electron chi connectivity index (χ2n) is 36.8. The molecule has 758 valence electrons. The second-order valence-corrected chi connectivity index (χ2v) is 38.7. The zero-order chi connectivity index (χ0) is 102. The van der Waals surface area contributed by atoms with E-state index in [1.54, 1.807) is 24.2 Å². The van der Waals surface area contributed by atoms with Gasteiger partial charge in [0.2, 0.25) is 70.7 Å². The number of guanidine groups is 1. The lowest BCUT2D eigenvalue weighted by molar-refractivity contribution is -0.392. The molecule has 12 atom stereocenters. The third-order valence-corrected chi connectivity index (χ3v) is 28.8. The van der Waals surface area contributed by atoms with E-state index in [4.69, 9.17) is 52.5 Å². The Labute approximate surface area is 825 Å². The quantitative estimate of drug-likeness (QED) is 0.00300. The predicted octanol–water partition coefficient (Wildman–Crippen LogP) is 3.45. The van der Waals surface area contributed by atoms with Crippen LogP contribution in [0, 0.1) is 35.0 Å². The molecule has 2 saturated heterocycles. The Kier molecular flexibility index (Phi) is 33.7. The van der Waals surface area contributed by atoms with Gasteiger partial charge in [0.25, 0.3) is 17.4 Å². The number of aromatic amines is 1. The summed E-state index contributed by atoms with van der Waals surface area (Å²) in [5, 5.41) is 75.6. The maximum Gasteiger partial charge on any atom is 0.411 e. The number of thiol groups is 1. The summed E-state index contributed by atoms with van der Waals surface area (Å²) in [6.45, 7) is 0.366. The number of carbonyl (C=O) groups is 16. The SMILES string of the molecule is COc1ccc(/C=C/C(=O)N2CC(CCl)c3c2cc(NC(=O)OC2CCCC4(C2)OOC2(O4)C4CC5CC2CC(NC(=O)C2CCC(CN6C(=O)CC(SCN[C@@H](CS)C(=O)N[C@@H](CC(=O)O)C(=O)N[C@@H](CC(=O)O)C(=O)N[C@@H](CCCNC(=N)N)C(=O)N[C@@H](CC(=O)O)C(=O)NC(=O)CCC(NC(=O)c7ccc(NCc8cnc9nc(N)[nH]c(=O)c9n8)cc7)C(=O)O)C6=O)CC2)(C5)C4)c2ccccc32)cc1. The molecule has 6 aliphatic carbocycles. The minimum atomic E-state index is -2.17. The number of aliphatic carboxylic acids is 4. The van der Waals surface area contributed by atoms with Crippen LogP contribution >= 0.6 is 36.0 Å². The lowest BCUT2D eigenvalue weighted by Crippen LogP contribution is -2.69. The number of carbonyl (C=O) groups excluding carboxylic acids is 12. The van der Waals surface area contributed by atoms with E-state index in [0.29, 0.717) is 98.8 Å². The fourth-order valence-electron chi connectivity index (χ4n) is 20.2. The number of anilines is 4. The molecule has 15 rings (SSSR count). The highest BCUT2D eigenvalue weighted by Gasteiger charge is 2.70. The smallest absolute Gasteiger partial charge is 0.411 e. The van der Waals surface area contributed by atoms with Gasteiger partial charge in [0.1, 0.15) is 42.1 Å². The van der Waals surface area contributed by atoms with Crippen molar-refractivity contribution in [1.82, 2.24) is 72.7 Å². The van der Waals surface area contributed by atoms with E-state index in [9.17, 15) is 102 Å². The molecule has 8 fully saturated rings. The van der Waals surface area contributed by atoms with Crippen LogP contribution in [0.1, 0.15) is 168 Å². The van der Waals surface area contributed by atoms with Gasteiger partial charge in [-0.25, -0.2) is 19.6 Å². The summed E-state index contributed by atoms with van der Waals surface area (Å²) in [7, 11) is 1.58. The molecule has 142 heavy (non-hydrogen) atoms. The number of thioether (sulfide) groups is 1. The Morgan fingerprint density at radius 2 is 1.40 bits per heavy atom. The van der Waals surface area contributed by atoms with Crippen LogP contribution in [0.15, 0.2) is 95.9 Å². The van der Waals surface area contributed by atoms with Gasteiger partial charge in [0.15, 0.2) is 17.1 Å². The Balaban J connectivity index is 0.514. The number of likely N-dealkylation sites (tertiary alicyclic amines) is 1. The first-order valence-corrected chi connectivity index (χ1v) is 48.7. The number of nitrogens with zero attached hydrogens (tertiary/aromatic N) is 5. The summed E-state index contributed by atoms with van der Waals surface area (Å²) in [5.41, 5.74) is 13.4. The molecule has 7 unspecified atom stereocenters. The van der Waals surface area contributed by atoms with Crippen molar-refractivity contribution in [1.29, 1.82) is 5.41 Å². The van der Waals surface area contributed by atoms with Gasteiger partial charge in [-0.3, -0.25) is 103 Å². The van der Waals surface area contributed by atoms with Crippen molar-refractivity contribution in [2.45, 2.75) is 212 Å². The number of carboxylic acid groups (broad SMARTS) is 4. The Morgan fingerprint density at radius 3 is 2.04 bits per heavy atom. The summed E-state index contributed by atoms with van der Waals surface area (Å²) in [6, 6.07) is 11.1. The van der Waals surface area contributed by atoms with Gasteiger partial charge < -0.3 is 93.5 Å². The first kappa shape index (κ1) is 104. The minimum Gasteiger partial charge on any atom is -0.497 e. The second kappa shape index (κ2) is 45.9. The van der Waals surface area contributed by atoms with Crippen molar-refractivity contribution >= 4 is 188 Å². The van der Waals surface area contributed by atoms with Gasteiger partial charge in [-0.2, -0.15) is 27.4 Å². The number of hydrogen-bond donors (Lipinski definition) is 20. The van der Waals surface area contributed by atoms with Crippen LogP contribution in [-0.4, -0.2) is 255 Å². The number of rotatable bonds is 43. The van der Waals surface area contributed by atoms with Crippen LogP contribution in [0.3, 0.4) is 0 Å². The zero-order valence-corrected chi connectivity index (χ0v) is 79.5. The van der Waals surface area contributed by atoms with Crippen molar-refractivity contribution in [3.05, 3.63) is 124 Å². The van der Waals surface area contributed by atoms with Gasteiger partial charge in [0.05, 0.1) is 67.5 Å². The number of ether oxygens (including phenoxy) is 3. The number of methoxy groups -OCH3 is 1. The van der Waals surface area contributed by atoms with Crippen molar-refractivity contribution in [3.63, 3.8) is 0 Å². The van der Waals surface area contributed by atoms with Crippen LogP contribution in [0.4, 0.5) is 27.8 Å². The number of nitrogen functional groups attached to an aromatic ring is 1. The number of amides is 12. The maximum absolute atomic E-state index is 14.5. The number of imide groups is 2. The van der Waals surface area contributed by atoms with Gasteiger partial charge in [-0.1, -0.05) is 36.4 Å². The Hall–Kier alpha value is -13.7. The summed E-state index contributed by atoms with van der Waals surface area (Å²) < 4.78 is 18.6. The van der Waals surface area contributed by atoms with Crippen molar-refractivity contribution in [2.24, 2.45) is 35.3 Å². The first-order chi connectivity index (χ1) is 67.9. The summed E-state index contributed by atoms with van der Waals surface area (Å²) >= 11 is 11.8. The Bertz CT molecular complexity index is 5960.